The molecule has 2 N–H and O–H groups in total. The predicted molar refractivity (Wildman–Crippen MR) is 117 cm³/mol. The van der Waals surface area contributed by atoms with Crippen LogP contribution in [-0.4, -0.2) is 26.4 Å². The van der Waals surface area contributed by atoms with E-state index in [4.69, 9.17) is 5.11 Å². The van der Waals surface area contributed by atoms with Crippen molar-refractivity contribution in [3.63, 3.8) is 0 Å². The summed E-state index contributed by atoms with van der Waals surface area (Å²) in [6.45, 7) is 6.26. The summed E-state index contributed by atoms with van der Waals surface area (Å²) >= 11 is 0. The first-order valence-electron chi connectivity index (χ1n) is 10.1. The molecule has 1 heterocycles. The number of aryl methyl sites for hydroxylation is 5. The van der Waals surface area contributed by atoms with Crippen LogP contribution in [0.1, 0.15) is 34.4 Å². The first-order chi connectivity index (χ1) is 14.4. The number of nitrogens with zero attached hydrogens (tertiary/aromatic N) is 3. The standard InChI is InChI=1S/C23H28N4O3/c1-16-7-4-8-17(2)21(16)12-11-19-9-5-10-20(15-19)27(30)25-22-18(3)24-26(23(22)29)13-6-14-28/h4-5,7-10,15,24,28H,6,11-14H2,1-3H3. The lowest BCUT2D eigenvalue weighted by atomic mass is 9.96. The van der Waals surface area contributed by atoms with Gasteiger partial charge in [0.15, 0.2) is 0 Å². The molecule has 0 aliphatic heterocycles. The van der Waals surface area contributed by atoms with Crippen molar-refractivity contribution >= 4 is 11.4 Å². The topological polar surface area (TPSA) is 96.4 Å². The highest BCUT2D eigenvalue weighted by Gasteiger charge is 2.15. The molecule has 1 aromatic heterocycles. The lowest BCUT2D eigenvalue weighted by Crippen LogP contribution is -2.17. The first kappa shape index (κ1) is 21.5. The second-order valence-corrected chi connectivity index (χ2v) is 7.53. The maximum absolute atomic E-state index is 12.6. The summed E-state index contributed by atoms with van der Waals surface area (Å²) in [6.07, 6.45) is 2.15. The number of aliphatic hydroxyl groups excluding tert-OH is 1. The molecule has 0 fully saturated rings. The van der Waals surface area contributed by atoms with Gasteiger partial charge in [-0.25, -0.2) is 0 Å². The molecule has 7 heteroatoms. The van der Waals surface area contributed by atoms with Gasteiger partial charge < -0.3 is 10.3 Å². The summed E-state index contributed by atoms with van der Waals surface area (Å²) in [5, 5.41) is 28.5. The third-order valence-corrected chi connectivity index (χ3v) is 5.28. The van der Waals surface area contributed by atoms with Crippen molar-refractivity contribution in [3.8, 4) is 0 Å². The fourth-order valence-electron chi connectivity index (χ4n) is 3.59. The Labute approximate surface area is 175 Å². The Morgan fingerprint density at radius 1 is 1.10 bits per heavy atom. The molecule has 0 aliphatic carbocycles. The van der Waals surface area contributed by atoms with Crippen LogP contribution in [0.2, 0.25) is 0 Å². The molecular formula is C23H28N4O3. The number of H-pyrrole nitrogens is 1. The smallest absolute Gasteiger partial charge is 0.298 e. The zero-order valence-corrected chi connectivity index (χ0v) is 17.7. The highest BCUT2D eigenvalue weighted by molar-refractivity contribution is 5.39. The fourth-order valence-corrected chi connectivity index (χ4v) is 3.59. The molecule has 2 aromatic carbocycles. The zero-order valence-electron chi connectivity index (χ0n) is 17.7. The van der Waals surface area contributed by atoms with Gasteiger partial charge in [-0.3, -0.25) is 14.6 Å². The highest BCUT2D eigenvalue weighted by Crippen LogP contribution is 2.21. The largest absolute Gasteiger partial charge is 0.594 e. The monoisotopic (exact) mass is 408 g/mol. The van der Waals surface area contributed by atoms with Gasteiger partial charge in [-0.15, -0.1) is 0 Å². The normalized spacial score (nSPS) is 11.8. The summed E-state index contributed by atoms with van der Waals surface area (Å²) in [6, 6.07) is 13.6. The van der Waals surface area contributed by atoms with Gasteiger partial charge in [0.25, 0.3) is 5.56 Å². The second kappa shape index (κ2) is 9.54. The summed E-state index contributed by atoms with van der Waals surface area (Å²) in [5.74, 6) is 0. The van der Waals surface area contributed by atoms with Crippen molar-refractivity contribution in [2.24, 2.45) is 5.11 Å². The van der Waals surface area contributed by atoms with Gasteiger partial charge in [0.1, 0.15) is 0 Å². The molecule has 0 atom stereocenters. The lowest BCUT2D eigenvalue weighted by molar-refractivity contribution is -0.435. The number of hydrogen-bond acceptors (Lipinski definition) is 4. The van der Waals surface area contributed by atoms with Crippen molar-refractivity contribution < 1.29 is 9.97 Å². The Hall–Kier alpha value is -3.19. The second-order valence-electron chi connectivity index (χ2n) is 7.53. The van der Waals surface area contributed by atoms with Crippen LogP contribution in [0.25, 0.3) is 0 Å². The average Bonchev–Trinajstić information content (AvgIpc) is 2.99. The maximum Gasteiger partial charge on any atom is 0.298 e. The van der Waals surface area contributed by atoms with E-state index in [0.29, 0.717) is 29.2 Å². The van der Waals surface area contributed by atoms with Crippen molar-refractivity contribution in [1.29, 1.82) is 0 Å². The van der Waals surface area contributed by atoms with Crippen LogP contribution in [0, 0.1) is 26.0 Å². The molecule has 0 amide bonds. The molecule has 0 aliphatic rings. The quantitative estimate of drug-likeness (QED) is 0.332. The summed E-state index contributed by atoms with van der Waals surface area (Å²) in [5.41, 5.74) is 5.53. The minimum absolute atomic E-state index is 0.0144. The van der Waals surface area contributed by atoms with E-state index in [1.54, 1.807) is 13.0 Å². The van der Waals surface area contributed by atoms with Crippen LogP contribution in [0.4, 0.5) is 11.4 Å². The third-order valence-electron chi connectivity index (χ3n) is 5.28. The molecule has 0 unspecified atom stereocenters. The van der Waals surface area contributed by atoms with Gasteiger partial charge in [0, 0.05) is 30.4 Å². The van der Waals surface area contributed by atoms with E-state index in [1.165, 1.54) is 21.4 Å². The van der Waals surface area contributed by atoms with Gasteiger partial charge >= 0.3 is 0 Å². The van der Waals surface area contributed by atoms with Gasteiger partial charge in [0.2, 0.25) is 11.4 Å². The van der Waals surface area contributed by atoms with Crippen molar-refractivity contribution in [1.82, 2.24) is 9.78 Å². The molecule has 158 valence electrons. The van der Waals surface area contributed by atoms with E-state index in [-0.39, 0.29) is 17.9 Å². The highest BCUT2D eigenvalue weighted by atomic mass is 16.5. The number of azo groups is 1. The van der Waals surface area contributed by atoms with Gasteiger partial charge in [0.05, 0.1) is 5.69 Å². The van der Waals surface area contributed by atoms with E-state index >= 15 is 0 Å². The Morgan fingerprint density at radius 2 is 1.80 bits per heavy atom. The molecule has 3 rings (SSSR count). The van der Waals surface area contributed by atoms with Crippen LogP contribution < -0.4 is 5.56 Å². The number of rotatable bonds is 8. The molecule has 0 radical (unpaired) electrons. The third kappa shape index (κ3) is 4.86. The molecule has 3 aromatic rings. The van der Waals surface area contributed by atoms with Crippen molar-refractivity contribution in [2.75, 3.05) is 6.61 Å². The lowest BCUT2D eigenvalue weighted by Gasteiger charge is -2.09. The number of aliphatic hydroxyl groups is 1. The SMILES string of the molecule is Cc1cccc(C)c1CCc1cccc([N+]([O-])=Nc2c(C)[nH]n(CCCO)c2=O)c1. The van der Waals surface area contributed by atoms with E-state index in [1.807, 2.05) is 18.2 Å². The molecular weight excluding hydrogens is 380 g/mol. The molecule has 0 saturated heterocycles. The van der Waals surface area contributed by atoms with Crippen molar-refractivity contribution in [3.05, 3.63) is 86.0 Å². The van der Waals surface area contributed by atoms with Gasteiger partial charge in [-0.1, -0.05) is 30.3 Å². The summed E-state index contributed by atoms with van der Waals surface area (Å²) in [7, 11) is 0. The van der Waals surface area contributed by atoms with Crippen LogP contribution >= 0.6 is 0 Å². The number of aromatic amines is 1. The first-order valence-corrected chi connectivity index (χ1v) is 10.1. The minimum atomic E-state index is -0.368. The predicted octanol–water partition coefficient (Wildman–Crippen LogP) is 4.19. The van der Waals surface area contributed by atoms with E-state index < -0.39 is 0 Å². The van der Waals surface area contributed by atoms with Crippen LogP contribution in [0.15, 0.2) is 52.4 Å². The molecule has 0 spiro atoms. The summed E-state index contributed by atoms with van der Waals surface area (Å²) < 4.78 is 1.36. The van der Waals surface area contributed by atoms with E-state index in [2.05, 4.69) is 42.3 Å². The number of aromatic nitrogens is 2. The molecule has 7 nitrogen and oxygen atoms in total. The van der Waals surface area contributed by atoms with Crippen LogP contribution in [0.3, 0.4) is 0 Å². The van der Waals surface area contributed by atoms with Crippen molar-refractivity contribution in [2.45, 2.75) is 46.6 Å². The molecule has 30 heavy (non-hydrogen) atoms. The minimum Gasteiger partial charge on any atom is -0.594 e. The van der Waals surface area contributed by atoms with Gasteiger partial charge in [-0.05, 0) is 67.1 Å². The van der Waals surface area contributed by atoms with Crippen LogP contribution in [0.5, 0.6) is 0 Å². The van der Waals surface area contributed by atoms with Gasteiger partial charge in [-0.2, -0.15) is 0 Å². The Morgan fingerprint density at radius 3 is 2.50 bits per heavy atom. The summed E-state index contributed by atoms with van der Waals surface area (Å²) in [4.78, 5) is 12.9. The Kier molecular flexibility index (Phi) is 6.84. The maximum atomic E-state index is 12.6. The molecule has 0 saturated carbocycles. The van der Waals surface area contributed by atoms with E-state index in [0.717, 1.165) is 18.4 Å². The molecule has 0 bridgehead atoms. The number of hydrogen-bond donors (Lipinski definition) is 2. The van der Waals surface area contributed by atoms with Crippen LogP contribution in [-0.2, 0) is 19.4 Å². The number of nitrogens with one attached hydrogen (secondary N) is 1. The Balaban J connectivity index is 1.80. The average molecular weight is 409 g/mol. The Bertz CT molecular complexity index is 1090. The number of benzene rings is 2. The zero-order chi connectivity index (χ0) is 21.7. The van der Waals surface area contributed by atoms with E-state index in [9.17, 15) is 10.0 Å². The fraction of sp³-hybridized carbons (Fsp3) is 0.348.